The minimum absolute atomic E-state index is 0.426. The van der Waals surface area contributed by atoms with Gasteiger partial charge in [0.15, 0.2) is 5.82 Å². The lowest BCUT2D eigenvalue weighted by Gasteiger charge is -2.25. The van der Waals surface area contributed by atoms with Crippen LogP contribution in [0.3, 0.4) is 0 Å². The molecule has 1 atom stereocenters. The van der Waals surface area contributed by atoms with Gasteiger partial charge in [-0.15, -0.1) is 16.7 Å². The van der Waals surface area contributed by atoms with Crippen LogP contribution in [-0.2, 0) is 5.88 Å². The maximum atomic E-state index is 5.67. The SMILES string of the molecule is CC(C1CC1)N(C)c1ccc(CCl)nn1. The predicted octanol–water partition coefficient (Wildman–Crippen LogP) is 2.45. The molecule has 1 aromatic rings. The third-order valence-electron chi connectivity index (χ3n) is 3.12. The fourth-order valence-electron chi connectivity index (χ4n) is 1.72. The van der Waals surface area contributed by atoms with Gasteiger partial charge in [-0.1, -0.05) is 0 Å². The lowest BCUT2D eigenvalue weighted by molar-refractivity contribution is 0.600. The number of rotatable bonds is 4. The van der Waals surface area contributed by atoms with Crippen LogP contribution in [0.15, 0.2) is 12.1 Å². The lowest BCUT2D eigenvalue weighted by Crippen LogP contribution is -2.31. The summed E-state index contributed by atoms with van der Waals surface area (Å²) in [4.78, 5) is 2.20. The third kappa shape index (κ3) is 2.40. The second-order valence-electron chi connectivity index (χ2n) is 4.21. The summed E-state index contributed by atoms with van der Waals surface area (Å²) in [7, 11) is 2.08. The van der Waals surface area contributed by atoms with Crippen molar-refractivity contribution in [3.05, 3.63) is 17.8 Å². The average Bonchev–Trinajstić information content (AvgIpc) is 3.11. The van der Waals surface area contributed by atoms with Crippen LogP contribution in [-0.4, -0.2) is 23.3 Å². The Morgan fingerprint density at radius 1 is 1.47 bits per heavy atom. The third-order valence-corrected chi connectivity index (χ3v) is 3.39. The van der Waals surface area contributed by atoms with Gasteiger partial charge in [-0.3, -0.25) is 0 Å². The van der Waals surface area contributed by atoms with E-state index in [-0.39, 0.29) is 0 Å². The Morgan fingerprint density at radius 3 is 2.67 bits per heavy atom. The Bertz CT molecular complexity index is 321. The van der Waals surface area contributed by atoms with E-state index < -0.39 is 0 Å². The summed E-state index contributed by atoms with van der Waals surface area (Å²) in [6, 6.07) is 4.48. The van der Waals surface area contributed by atoms with Crippen molar-refractivity contribution in [1.82, 2.24) is 10.2 Å². The van der Waals surface area contributed by atoms with Crippen molar-refractivity contribution in [2.45, 2.75) is 31.7 Å². The van der Waals surface area contributed by atoms with Crippen molar-refractivity contribution >= 4 is 17.4 Å². The molecule has 1 aliphatic rings. The van der Waals surface area contributed by atoms with Crippen molar-refractivity contribution in [1.29, 1.82) is 0 Å². The molecule has 1 unspecified atom stereocenters. The standard InChI is InChI=1S/C11H16ClN3/c1-8(9-3-4-9)15(2)11-6-5-10(7-12)13-14-11/h5-6,8-9H,3-4,7H2,1-2H3. The van der Waals surface area contributed by atoms with Crippen LogP contribution in [0, 0.1) is 5.92 Å². The van der Waals surface area contributed by atoms with Crippen LogP contribution >= 0.6 is 11.6 Å². The van der Waals surface area contributed by atoms with Gasteiger partial charge in [0.2, 0.25) is 0 Å². The molecule has 15 heavy (non-hydrogen) atoms. The fourth-order valence-corrected chi connectivity index (χ4v) is 1.86. The van der Waals surface area contributed by atoms with Gasteiger partial charge in [-0.25, -0.2) is 0 Å². The smallest absolute Gasteiger partial charge is 0.151 e. The molecule has 0 N–H and O–H groups in total. The zero-order valence-electron chi connectivity index (χ0n) is 9.15. The highest BCUT2D eigenvalue weighted by Gasteiger charge is 2.31. The zero-order chi connectivity index (χ0) is 10.8. The van der Waals surface area contributed by atoms with Crippen LogP contribution in [0.25, 0.3) is 0 Å². The van der Waals surface area contributed by atoms with Gasteiger partial charge >= 0.3 is 0 Å². The molecule has 0 spiro atoms. The van der Waals surface area contributed by atoms with Crippen LogP contribution < -0.4 is 4.90 Å². The fraction of sp³-hybridized carbons (Fsp3) is 0.636. The summed E-state index contributed by atoms with van der Waals surface area (Å²) in [6.45, 7) is 2.24. The Labute approximate surface area is 95.5 Å². The highest BCUT2D eigenvalue weighted by atomic mass is 35.5. The van der Waals surface area contributed by atoms with Crippen molar-refractivity contribution < 1.29 is 0 Å². The summed E-state index contributed by atoms with van der Waals surface area (Å²) < 4.78 is 0. The average molecular weight is 226 g/mol. The van der Waals surface area contributed by atoms with E-state index in [4.69, 9.17) is 11.6 Å². The van der Waals surface area contributed by atoms with Gasteiger partial charge in [0, 0.05) is 13.1 Å². The molecule has 1 aromatic heterocycles. The predicted molar refractivity (Wildman–Crippen MR) is 62.2 cm³/mol. The minimum Gasteiger partial charge on any atom is -0.355 e. The first kappa shape index (κ1) is 10.7. The Morgan fingerprint density at radius 2 is 2.20 bits per heavy atom. The molecule has 1 fully saturated rings. The summed E-state index contributed by atoms with van der Waals surface area (Å²) in [5.74, 6) is 2.20. The van der Waals surface area contributed by atoms with Crippen LogP contribution in [0.2, 0.25) is 0 Å². The molecule has 4 heteroatoms. The van der Waals surface area contributed by atoms with Gasteiger partial charge in [0.25, 0.3) is 0 Å². The molecule has 82 valence electrons. The van der Waals surface area contributed by atoms with Crippen molar-refractivity contribution in [2.24, 2.45) is 5.92 Å². The van der Waals surface area contributed by atoms with Gasteiger partial charge in [0.1, 0.15) is 0 Å². The van der Waals surface area contributed by atoms with Crippen molar-refractivity contribution in [3.8, 4) is 0 Å². The number of halogens is 1. The quantitative estimate of drug-likeness (QED) is 0.738. The van der Waals surface area contributed by atoms with Gasteiger partial charge in [-0.2, -0.15) is 5.10 Å². The molecule has 1 heterocycles. The van der Waals surface area contributed by atoms with Crippen LogP contribution in [0.1, 0.15) is 25.5 Å². The zero-order valence-corrected chi connectivity index (χ0v) is 9.91. The van der Waals surface area contributed by atoms with E-state index in [9.17, 15) is 0 Å². The van der Waals surface area contributed by atoms with Gasteiger partial charge < -0.3 is 4.90 Å². The summed E-state index contributed by atoms with van der Waals surface area (Å²) in [5, 5.41) is 8.23. The van der Waals surface area contributed by atoms with Crippen LogP contribution in [0.5, 0.6) is 0 Å². The maximum Gasteiger partial charge on any atom is 0.151 e. The molecular weight excluding hydrogens is 210 g/mol. The molecule has 1 saturated carbocycles. The molecule has 0 amide bonds. The molecular formula is C11H16ClN3. The number of nitrogens with zero attached hydrogens (tertiary/aromatic N) is 3. The summed E-state index contributed by atoms with van der Waals surface area (Å²) >= 11 is 5.67. The minimum atomic E-state index is 0.426. The van der Waals surface area contributed by atoms with E-state index in [1.807, 2.05) is 12.1 Å². The van der Waals surface area contributed by atoms with E-state index in [1.54, 1.807) is 0 Å². The lowest BCUT2D eigenvalue weighted by atomic mass is 10.2. The van der Waals surface area contributed by atoms with E-state index in [0.29, 0.717) is 11.9 Å². The number of hydrogen-bond donors (Lipinski definition) is 0. The summed E-state index contributed by atoms with van der Waals surface area (Å²) in [5.41, 5.74) is 0.827. The first-order valence-electron chi connectivity index (χ1n) is 5.33. The molecule has 0 aromatic carbocycles. The number of aromatic nitrogens is 2. The second-order valence-corrected chi connectivity index (χ2v) is 4.47. The molecule has 1 aliphatic carbocycles. The van der Waals surface area contributed by atoms with Crippen LogP contribution in [0.4, 0.5) is 5.82 Å². The maximum absolute atomic E-state index is 5.67. The van der Waals surface area contributed by atoms with E-state index in [1.165, 1.54) is 12.8 Å². The topological polar surface area (TPSA) is 29.0 Å². The largest absolute Gasteiger partial charge is 0.355 e. The Balaban J connectivity index is 2.07. The normalized spacial score (nSPS) is 17.5. The highest BCUT2D eigenvalue weighted by Crippen LogP contribution is 2.35. The van der Waals surface area contributed by atoms with Gasteiger partial charge in [0.05, 0.1) is 11.6 Å². The van der Waals surface area contributed by atoms with E-state index >= 15 is 0 Å². The number of hydrogen-bond acceptors (Lipinski definition) is 3. The Hall–Kier alpha value is -0.830. The number of anilines is 1. The first-order valence-corrected chi connectivity index (χ1v) is 5.87. The molecule has 0 saturated heterocycles. The van der Waals surface area contributed by atoms with Crippen molar-refractivity contribution in [2.75, 3.05) is 11.9 Å². The molecule has 0 bridgehead atoms. The highest BCUT2D eigenvalue weighted by molar-refractivity contribution is 6.16. The summed E-state index contributed by atoms with van der Waals surface area (Å²) in [6.07, 6.45) is 2.69. The molecule has 3 nitrogen and oxygen atoms in total. The molecule has 0 aliphatic heterocycles. The second kappa shape index (κ2) is 4.35. The van der Waals surface area contributed by atoms with E-state index in [0.717, 1.165) is 17.4 Å². The Kier molecular flexibility index (Phi) is 3.10. The first-order chi connectivity index (χ1) is 7.22. The van der Waals surface area contributed by atoms with Gasteiger partial charge in [-0.05, 0) is 37.8 Å². The number of alkyl halides is 1. The molecule has 2 rings (SSSR count). The monoisotopic (exact) mass is 225 g/mol. The molecule has 0 radical (unpaired) electrons. The van der Waals surface area contributed by atoms with E-state index in [2.05, 4.69) is 29.1 Å². The van der Waals surface area contributed by atoms with Crippen molar-refractivity contribution in [3.63, 3.8) is 0 Å².